The SMILES string of the molecule is Cc1cc(CSc2ccccc2)ccc1NC(=O)CN(c1ccc(Cl)cc1C)S(C)(=O)=O. The number of rotatable bonds is 8. The van der Waals surface area contributed by atoms with Crippen LogP contribution in [0.1, 0.15) is 16.7 Å². The zero-order valence-corrected chi connectivity index (χ0v) is 20.5. The van der Waals surface area contributed by atoms with Crippen molar-refractivity contribution in [3.63, 3.8) is 0 Å². The van der Waals surface area contributed by atoms with Crippen LogP contribution in [0.5, 0.6) is 0 Å². The molecule has 168 valence electrons. The first-order valence-electron chi connectivity index (χ1n) is 9.94. The Morgan fingerprint density at radius 1 is 1.00 bits per heavy atom. The minimum atomic E-state index is -3.66. The molecule has 0 atom stereocenters. The maximum Gasteiger partial charge on any atom is 0.245 e. The van der Waals surface area contributed by atoms with Crippen LogP contribution in [0.2, 0.25) is 5.02 Å². The van der Waals surface area contributed by atoms with Crippen molar-refractivity contribution in [1.82, 2.24) is 0 Å². The summed E-state index contributed by atoms with van der Waals surface area (Å²) >= 11 is 7.73. The van der Waals surface area contributed by atoms with Gasteiger partial charge >= 0.3 is 0 Å². The molecule has 0 unspecified atom stereocenters. The second-order valence-electron chi connectivity index (χ2n) is 7.50. The van der Waals surface area contributed by atoms with E-state index in [1.54, 1.807) is 36.9 Å². The molecule has 5 nitrogen and oxygen atoms in total. The smallest absolute Gasteiger partial charge is 0.245 e. The van der Waals surface area contributed by atoms with E-state index in [9.17, 15) is 13.2 Å². The molecule has 32 heavy (non-hydrogen) atoms. The largest absolute Gasteiger partial charge is 0.324 e. The van der Waals surface area contributed by atoms with E-state index in [1.165, 1.54) is 4.90 Å². The Morgan fingerprint density at radius 3 is 2.34 bits per heavy atom. The summed E-state index contributed by atoms with van der Waals surface area (Å²) in [5, 5.41) is 3.34. The number of thioether (sulfide) groups is 1. The van der Waals surface area contributed by atoms with E-state index in [0.717, 1.165) is 27.4 Å². The summed E-state index contributed by atoms with van der Waals surface area (Å²) in [7, 11) is -3.66. The molecule has 0 fully saturated rings. The van der Waals surface area contributed by atoms with Gasteiger partial charge in [-0.05, 0) is 66.9 Å². The fourth-order valence-corrected chi connectivity index (χ4v) is 5.24. The Bertz CT molecular complexity index is 1220. The molecule has 0 saturated carbocycles. The predicted molar refractivity (Wildman–Crippen MR) is 134 cm³/mol. The average Bonchev–Trinajstić information content (AvgIpc) is 2.73. The van der Waals surface area contributed by atoms with Gasteiger partial charge in [-0.15, -0.1) is 11.8 Å². The van der Waals surface area contributed by atoms with Gasteiger partial charge in [0, 0.05) is 21.4 Å². The first-order valence-corrected chi connectivity index (χ1v) is 13.2. The number of nitrogens with zero attached hydrogens (tertiary/aromatic N) is 1. The lowest BCUT2D eigenvalue weighted by Gasteiger charge is -2.24. The maximum absolute atomic E-state index is 12.7. The van der Waals surface area contributed by atoms with Crippen molar-refractivity contribution in [1.29, 1.82) is 0 Å². The molecule has 0 aliphatic heterocycles. The zero-order chi connectivity index (χ0) is 23.3. The summed E-state index contributed by atoms with van der Waals surface area (Å²) in [6.07, 6.45) is 1.08. The molecule has 0 aliphatic rings. The maximum atomic E-state index is 12.7. The highest BCUT2D eigenvalue weighted by Crippen LogP contribution is 2.27. The van der Waals surface area contributed by atoms with E-state index >= 15 is 0 Å². The van der Waals surface area contributed by atoms with Crippen LogP contribution in [0.3, 0.4) is 0 Å². The van der Waals surface area contributed by atoms with Crippen LogP contribution in [0, 0.1) is 13.8 Å². The molecule has 3 aromatic rings. The Hall–Kier alpha value is -2.48. The summed E-state index contributed by atoms with van der Waals surface area (Å²) in [6.45, 7) is 3.35. The minimum Gasteiger partial charge on any atom is -0.324 e. The number of halogens is 1. The highest BCUT2D eigenvalue weighted by Gasteiger charge is 2.22. The molecule has 8 heteroatoms. The van der Waals surface area contributed by atoms with Crippen molar-refractivity contribution in [2.45, 2.75) is 24.5 Å². The van der Waals surface area contributed by atoms with Gasteiger partial charge in [0.1, 0.15) is 6.54 Å². The third-order valence-electron chi connectivity index (χ3n) is 4.83. The van der Waals surface area contributed by atoms with Crippen LogP contribution < -0.4 is 9.62 Å². The van der Waals surface area contributed by atoms with Gasteiger partial charge < -0.3 is 5.32 Å². The summed E-state index contributed by atoms with van der Waals surface area (Å²) in [5.41, 5.74) is 3.82. The molecule has 0 heterocycles. The molecule has 1 amide bonds. The highest BCUT2D eigenvalue weighted by atomic mass is 35.5. The summed E-state index contributed by atoms with van der Waals surface area (Å²) in [4.78, 5) is 13.9. The molecule has 0 saturated heterocycles. The van der Waals surface area contributed by atoms with Crippen LogP contribution in [0.4, 0.5) is 11.4 Å². The molecule has 1 N–H and O–H groups in total. The zero-order valence-electron chi connectivity index (χ0n) is 18.1. The van der Waals surface area contributed by atoms with Gasteiger partial charge in [-0.2, -0.15) is 0 Å². The van der Waals surface area contributed by atoms with E-state index in [2.05, 4.69) is 17.4 Å². The summed E-state index contributed by atoms with van der Waals surface area (Å²) in [6, 6.07) is 20.9. The van der Waals surface area contributed by atoms with Gasteiger partial charge in [-0.25, -0.2) is 8.42 Å². The van der Waals surface area contributed by atoms with Gasteiger partial charge in [-0.1, -0.05) is 41.9 Å². The van der Waals surface area contributed by atoms with Gasteiger partial charge in [-0.3, -0.25) is 9.10 Å². The van der Waals surface area contributed by atoms with Crippen molar-refractivity contribution < 1.29 is 13.2 Å². The molecule has 3 aromatic carbocycles. The van der Waals surface area contributed by atoms with Crippen molar-refractivity contribution in [2.75, 3.05) is 22.4 Å². The summed E-state index contributed by atoms with van der Waals surface area (Å²) in [5.74, 6) is 0.399. The lowest BCUT2D eigenvalue weighted by atomic mass is 10.1. The predicted octanol–water partition coefficient (Wildman–Crippen LogP) is 5.65. The second-order valence-corrected chi connectivity index (χ2v) is 10.9. The number of sulfonamides is 1. The van der Waals surface area contributed by atoms with Gasteiger partial charge in [0.2, 0.25) is 15.9 Å². The number of benzene rings is 3. The first kappa shape index (κ1) is 24.2. The number of anilines is 2. The lowest BCUT2D eigenvalue weighted by molar-refractivity contribution is -0.114. The van der Waals surface area contributed by atoms with Crippen molar-refractivity contribution in [3.05, 3.63) is 88.4 Å². The molecule has 0 spiro atoms. The fraction of sp³-hybridized carbons (Fsp3) is 0.208. The molecule has 3 rings (SSSR count). The quantitative estimate of drug-likeness (QED) is 0.416. The Kier molecular flexibility index (Phi) is 7.87. The third kappa shape index (κ3) is 6.51. The number of hydrogen-bond donors (Lipinski definition) is 1. The van der Waals surface area contributed by atoms with Crippen LogP contribution in [-0.2, 0) is 20.6 Å². The van der Waals surface area contributed by atoms with Gasteiger partial charge in [0.25, 0.3) is 0 Å². The van der Waals surface area contributed by atoms with E-state index in [1.807, 2.05) is 43.3 Å². The number of amides is 1. The van der Waals surface area contributed by atoms with Crippen molar-refractivity contribution in [3.8, 4) is 0 Å². The number of hydrogen-bond acceptors (Lipinski definition) is 4. The number of aryl methyl sites for hydroxylation is 2. The lowest BCUT2D eigenvalue weighted by Crippen LogP contribution is -2.38. The van der Waals surface area contributed by atoms with E-state index in [0.29, 0.717) is 22.0 Å². The van der Waals surface area contributed by atoms with Crippen LogP contribution in [-0.4, -0.2) is 27.1 Å². The Labute approximate surface area is 198 Å². The highest BCUT2D eigenvalue weighted by molar-refractivity contribution is 7.98. The summed E-state index contributed by atoms with van der Waals surface area (Å²) < 4.78 is 25.8. The van der Waals surface area contributed by atoms with Gasteiger partial charge in [0.15, 0.2) is 0 Å². The van der Waals surface area contributed by atoms with Gasteiger partial charge in [0.05, 0.1) is 11.9 Å². The minimum absolute atomic E-state index is 0.327. The van der Waals surface area contributed by atoms with E-state index in [4.69, 9.17) is 11.6 Å². The molecule has 0 aromatic heterocycles. The number of carbonyl (C=O) groups is 1. The van der Waals surface area contributed by atoms with Crippen LogP contribution in [0.25, 0.3) is 0 Å². The average molecular weight is 489 g/mol. The Morgan fingerprint density at radius 2 is 1.72 bits per heavy atom. The molecule has 0 radical (unpaired) electrons. The number of nitrogens with one attached hydrogen (secondary N) is 1. The molecule has 0 aliphatic carbocycles. The monoisotopic (exact) mass is 488 g/mol. The van der Waals surface area contributed by atoms with Crippen LogP contribution in [0.15, 0.2) is 71.6 Å². The van der Waals surface area contributed by atoms with Crippen LogP contribution >= 0.6 is 23.4 Å². The second kappa shape index (κ2) is 10.4. The van der Waals surface area contributed by atoms with Crippen molar-refractivity contribution >= 4 is 50.7 Å². The molecular formula is C24H25ClN2O3S2. The normalized spacial score (nSPS) is 11.2. The number of carbonyl (C=O) groups excluding carboxylic acids is 1. The van der Waals surface area contributed by atoms with Crippen molar-refractivity contribution in [2.24, 2.45) is 0 Å². The molecular weight excluding hydrogens is 464 g/mol. The van der Waals surface area contributed by atoms with E-state index in [-0.39, 0.29) is 6.54 Å². The Balaban J connectivity index is 1.70. The molecule has 0 bridgehead atoms. The first-order chi connectivity index (χ1) is 15.1. The standard InChI is InChI=1S/C24H25ClN2O3S2/c1-17-13-19(16-31-21-7-5-4-6-8-21)9-11-22(17)26-24(28)15-27(32(3,29)30)23-12-10-20(25)14-18(23)2/h4-14H,15-16H2,1-3H3,(H,26,28). The topological polar surface area (TPSA) is 66.5 Å². The fourth-order valence-electron chi connectivity index (χ4n) is 3.24. The van der Waals surface area contributed by atoms with E-state index < -0.39 is 15.9 Å². The third-order valence-corrected chi connectivity index (χ3v) is 7.27.